The number of aromatic amines is 2. The highest BCUT2D eigenvalue weighted by molar-refractivity contribution is 7.98. The quantitative estimate of drug-likeness (QED) is 0.590. The van der Waals surface area contributed by atoms with Gasteiger partial charge >= 0.3 is 5.69 Å². The minimum atomic E-state index is -0.453. The molecule has 0 atom stereocenters. The summed E-state index contributed by atoms with van der Waals surface area (Å²) in [4.78, 5) is 26.9. The van der Waals surface area contributed by atoms with Gasteiger partial charge in [0.1, 0.15) is 0 Å². The molecule has 0 bridgehead atoms. The number of hydrogen-bond donors (Lipinski definition) is 2. The van der Waals surface area contributed by atoms with Crippen LogP contribution in [0.4, 0.5) is 0 Å². The first-order valence-corrected chi connectivity index (χ1v) is 4.25. The number of H-pyrrole nitrogens is 2. The van der Waals surface area contributed by atoms with Crippen LogP contribution in [-0.4, -0.2) is 16.2 Å². The van der Waals surface area contributed by atoms with Gasteiger partial charge in [0.2, 0.25) is 0 Å². The topological polar surface area (TPSA) is 65.7 Å². The van der Waals surface area contributed by atoms with Crippen molar-refractivity contribution >= 4 is 11.8 Å². The Labute approximate surface area is 67.0 Å². The van der Waals surface area contributed by atoms with Crippen molar-refractivity contribution in [1.82, 2.24) is 9.97 Å². The maximum Gasteiger partial charge on any atom is 0.325 e. The molecule has 1 aromatic rings. The molecule has 0 unspecified atom stereocenters. The predicted molar refractivity (Wildman–Crippen MR) is 44.2 cm³/mol. The van der Waals surface area contributed by atoms with E-state index in [9.17, 15) is 9.59 Å². The summed E-state index contributed by atoms with van der Waals surface area (Å²) in [6.07, 6.45) is 1.79. The van der Waals surface area contributed by atoms with E-state index in [1.807, 2.05) is 0 Å². The molecular formula is C6H8N2O2S. The first-order valence-electron chi connectivity index (χ1n) is 3.02. The van der Waals surface area contributed by atoms with Crippen LogP contribution in [0.15, 0.2) is 14.5 Å². The average Bonchev–Trinajstić information content (AvgIpc) is 1.85. The molecule has 0 aliphatic carbocycles. The van der Waals surface area contributed by atoms with Crippen LogP contribution < -0.4 is 11.2 Å². The van der Waals surface area contributed by atoms with E-state index in [-0.39, 0.29) is 5.56 Å². The van der Waals surface area contributed by atoms with Gasteiger partial charge in [0.05, 0.1) is 4.90 Å². The fraction of sp³-hybridized carbons (Fsp3) is 0.333. The van der Waals surface area contributed by atoms with Gasteiger partial charge in [-0.2, -0.15) is 0 Å². The Morgan fingerprint density at radius 2 is 1.91 bits per heavy atom. The minimum absolute atomic E-state index is 0.321. The van der Waals surface area contributed by atoms with Crippen LogP contribution >= 0.6 is 11.8 Å². The predicted octanol–water partition coefficient (Wildman–Crippen LogP) is 0.0935. The van der Waals surface area contributed by atoms with Gasteiger partial charge in [-0.1, -0.05) is 0 Å². The number of hydrogen-bond acceptors (Lipinski definition) is 3. The molecule has 1 heterocycles. The summed E-state index contributed by atoms with van der Waals surface area (Å²) in [5.41, 5.74) is -0.157. The van der Waals surface area contributed by atoms with Crippen LogP contribution in [0.3, 0.4) is 0 Å². The summed E-state index contributed by atoms with van der Waals surface area (Å²) in [5.74, 6) is 0. The zero-order valence-electron chi connectivity index (χ0n) is 6.22. The second-order valence-electron chi connectivity index (χ2n) is 2.07. The average molecular weight is 172 g/mol. The van der Waals surface area contributed by atoms with Crippen molar-refractivity contribution in [3.63, 3.8) is 0 Å². The molecule has 2 N–H and O–H groups in total. The number of aromatic nitrogens is 2. The molecule has 0 saturated heterocycles. The molecule has 0 radical (unpaired) electrons. The summed E-state index contributed by atoms with van der Waals surface area (Å²) in [7, 11) is 0. The summed E-state index contributed by atoms with van der Waals surface area (Å²) >= 11 is 1.32. The molecule has 0 aliphatic rings. The molecular weight excluding hydrogens is 164 g/mol. The zero-order valence-corrected chi connectivity index (χ0v) is 7.04. The number of thioether (sulfide) groups is 1. The third-order valence-electron chi connectivity index (χ3n) is 1.28. The van der Waals surface area contributed by atoms with Gasteiger partial charge in [-0.05, 0) is 13.2 Å². The molecule has 0 aromatic carbocycles. The highest BCUT2D eigenvalue weighted by Crippen LogP contribution is 2.09. The van der Waals surface area contributed by atoms with E-state index in [0.717, 1.165) is 0 Å². The van der Waals surface area contributed by atoms with E-state index in [1.165, 1.54) is 11.8 Å². The van der Waals surface area contributed by atoms with Crippen molar-refractivity contribution in [3.05, 3.63) is 26.5 Å². The standard InChI is InChI=1S/C6H8N2O2S/c1-3-4(11-2)5(9)8-6(10)7-3/h1-2H3,(H2,7,8,9,10). The molecule has 0 fully saturated rings. The number of nitrogens with one attached hydrogen (secondary N) is 2. The van der Waals surface area contributed by atoms with Crippen molar-refractivity contribution in [3.8, 4) is 0 Å². The largest absolute Gasteiger partial charge is 0.325 e. The zero-order chi connectivity index (χ0) is 8.43. The van der Waals surface area contributed by atoms with E-state index in [4.69, 9.17) is 0 Å². The summed E-state index contributed by atoms with van der Waals surface area (Å²) in [5, 5.41) is 0. The molecule has 5 heteroatoms. The lowest BCUT2D eigenvalue weighted by atomic mass is 10.4. The number of aryl methyl sites for hydroxylation is 1. The first kappa shape index (κ1) is 8.13. The van der Waals surface area contributed by atoms with E-state index < -0.39 is 5.69 Å². The Morgan fingerprint density at radius 1 is 1.27 bits per heavy atom. The fourth-order valence-electron chi connectivity index (χ4n) is 0.834. The third kappa shape index (κ3) is 1.54. The fourth-order valence-corrected chi connectivity index (χ4v) is 1.43. The molecule has 60 valence electrons. The monoisotopic (exact) mass is 172 g/mol. The van der Waals surface area contributed by atoms with Gasteiger partial charge in [-0.15, -0.1) is 11.8 Å². The van der Waals surface area contributed by atoms with Gasteiger partial charge in [0.15, 0.2) is 0 Å². The van der Waals surface area contributed by atoms with Crippen LogP contribution in [0.25, 0.3) is 0 Å². The van der Waals surface area contributed by atoms with Gasteiger partial charge in [0, 0.05) is 5.69 Å². The molecule has 0 saturated carbocycles. The van der Waals surface area contributed by atoms with Gasteiger partial charge < -0.3 is 4.98 Å². The Morgan fingerprint density at radius 3 is 2.36 bits per heavy atom. The Hall–Kier alpha value is -0.970. The lowest BCUT2D eigenvalue weighted by Gasteiger charge is -1.97. The second-order valence-corrected chi connectivity index (χ2v) is 2.88. The third-order valence-corrected chi connectivity index (χ3v) is 2.18. The molecule has 0 aliphatic heterocycles. The smallest absolute Gasteiger partial charge is 0.310 e. The van der Waals surface area contributed by atoms with E-state index in [1.54, 1.807) is 13.2 Å². The summed E-state index contributed by atoms with van der Waals surface area (Å²) in [6.45, 7) is 1.70. The van der Waals surface area contributed by atoms with Gasteiger partial charge in [-0.25, -0.2) is 4.79 Å². The van der Waals surface area contributed by atoms with Crippen molar-refractivity contribution < 1.29 is 0 Å². The minimum Gasteiger partial charge on any atom is -0.310 e. The Balaban J connectivity index is 3.49. The maximum absolute atomic E-state index is 11.0. The second kappa shape index (κ2) is 2.96. The van der Waals surface area contributed by atoms with Gasteiger partial charge in [0.25, 0.3) is 5.56 Å². The Kier molecular flexibility index (Phi) is 2.19. The van der Waals surface area contributed by atoms with Crippen LogP contribution in [-0.2, 0) is 0 Å². The summed E-state index contributed by atoms with van der Waals surface area (Å²) < 4.78 is 0. The van der Waals surface area contributed by atoms with Crippen molar-refractivity contribution in [2.75, 3.05) is 6.26 Å². The van der Waals surface area contributed by atoms with Crippen molar-refractivity contribution in [1.29, 1.82) is 0 Å². The molecule has 1 aromatic heterocycles. The van der Waals surface area contributed by atoms with E-state index in [2.05, 4.69) is 9.97 Å². The maximum atomic E-state index is 11.0. The van der Waals surface area contributed by atoms with Crippen LogP contribution in [0.1, 0.15) is 5.69 Å². The molecule has 11 heavy (non-hydrogen) atoms. The van der Waals surface area contributed by atoms with Crippen LogP contribution in [0.2, 0.25) is 0 Å². The highest BCUT2D eigenvalue weighted by Gasteiger charge is 2.01. The van der Waals surface area contributed by atoms with Crippen LogP contribution in [0.5, 0.6) is 0 Å². The number of rotatable bonds is 1. The SMILES string of the molecule is CSc1c(C)[nH]c(=O)[nH]c1=O. The molecule has 0 amide bonds. The highest BCUT2D eigenvalue weighted by atomic mass is 32.2. The first-order chi connectivity index (χ1) is 5.15. The van der Waals surface area contributed by atoms with E-state index in [0.29, 0.717) is 10.6 Å². The van der Waals surface area contributed by atoms with E-state index >= 15 is 0 Å². The van der Waals surface area contributed by atoms with Crippen LogP contribution in [0, 0.1) is 6.92 Å². The van der Waals surface area contributed by atoms with Crippen molar-refractivity contribution in [2.45, 2.75) is 11.8 Å². The lowest BCUT2D eigenvalue weighted by Crippen LogP contribution is -2.24. The van der Waals surface area contributed by atoms with Gasteiger partial charge in [-0.3, -0.25) is 9.78 Å². The van der Waals surface area contributed by atoms with Crippen molar-refractivity contribution in [2.24, 2.45) is 0 Å². The molecule has 1 rings (SSSR count). The summed E-state index contributed by atoms with van der Waals surface area (Å²) in [6, 6.07) is 0. The Bertz CT molecular complexity index is 366. The molecule has 0 spiro atoms. The normalized spacial score (nSPS) is 10.0. The molecule has 4 nitrogen and oxygen atoms in total. The lowest BCUT2D eigenvalue weighted by molar-refractivity contribution is 0.930.